The molecule has 2 amide bonds. The van der Waals surface area contributed by atoms with E-state index in [2.05, 4.69) is 29.4 Å². The van der Waals surface area contributed by atoms with Gasteiger partial charge in [-0.15, -0.1) is 0 Å². The van der Waals surface area contributed by atoms with Crippen LogP contribution in [0.3, 0.4) is 0 Å². The van der Waals surface area contributed by atoms with Gasteiger partial charge in [0.2, 0.25) is 0 Å². The molecule has 8 nitrogen and oxygen atoms in total. The zero-order valence-corrected chi connectivity index (χ0v) is 21.9. The zero-order valence-electron chi connectivity index (χ0n) is 21.9. The third kappa shape index (κ3) is 7.47. The fraction of sp³-hybridized carbons (Fsp3) is 0.310. The number of amides is 2. The Morgan fingerprint density at radius 1 is 0.757 bits per heavy atom. The maximum Gasteiger partial charge on any atom is 0.259 e. The van der Waals surface area contributed by atoms with E-state index in [4.69, 9.17) is 14.2 Å². The highest BCUT2D eigenvalue weighted by Crippen LogP contribution is 2.30. The Hall–Kier alpha value is -4.04. The third-order valence-electron chi connectivity index (χ3n) is 5.96. The summed E-state index contributed by atoms with van der Waals surface area (Å²) in [7, 11) is 3.04. The molecule has 0 bridgehead atoms. The number of rotatable bonds is 13. The molecule has 0 heterocycles. The molecule has 0 aliphatic rings. The maximum atomic E-state index is 13.1. The molecule has 0 atom stereocenters. The fourth-order valence-electron chi connectivity index (χ4n) is 3.89. The number of hydrogen-bond donors (Lipinski definition) is 2. The van der Waals surface area contributed by atoms with Crippen LogP contribution in [-0.4, -0.2) is 57.2 Å². The van der Waals surface area contributed by atoms with E-state index >= 15 is 0 Å². The minimum absolute atomic E-state index is 0.327. The van der Waals surface area contributed by atoms with Gasteiger partial charge in [-0.05, 0) is 62.0 Å². The van der Waals surface area contributed by atoms with Crippen LogP contribution >= 0.6 is 0 Å². The van der Waals surface area contributed by atoms with Gasteiger partial charge in [-0.1, -0.05) is 38.1 Å². The van der Waals surface area contributed by atoms with Crippen molar-refractivity contribution in [3.63, 3.8) is 0 Å². The first-order valence-corrected chi connectivity index (χ1v) is 12.4. The minimum atomic E-state index is -0.348. The Labute approximate surface area is 218 Å². The highest BCUT2D eigenvalue weighted by Gasteiger charge is 2.17. The van der Waals surface area contributed by atoms with E-state index in [-0.39, 0.29) is 11.8 Å². The summed E-state index contributed by atoms with van der Waals surface area (Å²) in [5, 5.41) is 5.80. The average Bonchev–Trinajstić information content (AvgIpc) is 2.93. The van der Waals surface area contributed by atoms with Crippen LogP contribution in [0.4, 0.5) is 11.4 Å². The molecule has 196 valence electrons. The van der Waals surface area contributed by atoms with Crippen molar-refractivity contribution in [2.75, 3.05) is 51.1 Å². The summed E-state index contributed by atoms with van der Waals surface area (Å²) in [4.78, 5) is 28.4. The predicted molar refractivity (Wildman–Crippen MR) is 146 cm³/mol. The Morgan fingerprint density at radius 3 is 1.89 bits per heavy atom. The molecule has 0 aliphatic heterocycles. The summed E-state index contributed by atoms with van der Waals surface area (Å²) in [5.74, 6) is 0.768. The summed E-state index contributed by atoms with van der Waals surface area (Å²) in [5.41, 5.74) is 1.74. The molecule has 0 saturated carbocycles. The van der Waals surface area contributed by atoms with Crippen LogP contribution in [-0.2, 0) is 0 Å². The Balaban J connectivity index is 1.82. The summed E-state index contributed by atoms with van der Waals surface area (Å²) >= 11 is 0. The standard InChI is InChI=1S/C29H35N3O5/c1-5-32(6-2)18-11-19-37-27-17-16-21(30-28(33)22-12-7-9-14-25(22)35-3)20-24(27)31-29(34)23-13-8-10-15-26(23)36-4/h7-10,12-17,20H,5-6,11,18-19H2,1-4H3,(H,30,33)(H,31,34). The Morgan fingerprint density at radius 2 is 1.32 bits per heavy atom. The molecular formula is C29H35N3O5. The number of anilines is 2. The zero-order chi connectivity index (χ0) is 26.6. The number of methoxy groups -OCH3 is 2. The first-order chi connectivity index (χ1) is 18.0. The van der Waals surface area contributed by atoms with Crippen molar-refractivity contribution in [3.8, 4) is 17.2 Å². The van der Waals surface area contributed by atoms with Crippen LogP contribution in [0.15, 0.2) is 66.7 Å². The molecule has 0 aromatic heterocycles. The van der Waals surface area contributed by atoms with E-state index in [1.54, 1.807) is 66.7 Å². The van der Waals surface area contributed by atoms with E-state index in [9.17, 15) is 9.59 Å². The van der Waals surface area contributed by atoms with Crippen molar-refractivity contribution in [1.82, 2.24) is 4.90 Å². The Bertz CT molecular complexity index is 1190. The van der Waals surface area contributed by atoms with Crippen LogP contribution in [0, 0.1) is 0 Å². The molecule has 0 unspecified atom stereocenters. The SMILES string of the molecule is CCN(CC)CCCOc1ccc(NC(=O)c2ccccc2OC)cc1NC(=O)c1ccccc1OC. The second kappa shape index (κ2) is 13.9. The van der Waals surface area contributed by atoms with Gasteiger partial charge >= 0.3 is 0 Å². The summed E-state index contributed by atoms with van der Waals surface area (Å²) < 4.78 is 16.7. The number of benzene rings is 3. The lowest BCUT2D eigenvalue weighted by Gasteiger charge is -2.19. The number of carbonyl (C=O) groups is 2. The van der Waals surface area contributed by atoms with Crippen molar-refractivity contribution >= 4 is 23.2 Å². The van der Waals surface area contributed by atoms with E-state index in [1.807, 2.05) is 0 Å². The topological polar surface area (TPSA) is 89.1 Å². The van der Waals surface area contributed by atoms with Crippen LogP contribution in [0.1, 0.15) is 41.0 Å². The maximum absolute atomic E-state index is 13.1. The molecule has 3 aromatic rings. The van der Waals surface area contributed by atoms with Gasteiger partial charge < -0.3 is 29.7 Å². The largest absolute Gasteiger partial charge is 0.496 e. The molecule has 3 aromatic carbocycles. The van der Waals surface area contributed by atoms with Crippen LogP contribution in [0.5, 0.6) is 17.2 Å². The number of ether oxygens (including phenoxy) is 3. The van der Waals surface area contributed by atoms with Crippen LogP contribution in [0.25, 0.3) is 0 Å². The van der Waals surface area contributed by atoms with E-state index in [0.29, 0.717) is 46.4 Å². The van der Waals surface area contributed by atoms with Crippen LogP contribution in [0.2, 0.25) is 0 Å². The molecule has 8 heteroatoms. The molecule has 3 rings (SSSR count). The number of hydrogen-bond acceptors (Lipinski definition) is 6. The number of carbonyl (C=O) groups excluding carboxylic acids is 2. The van der Waals surface area contributed by atoms with E-state index in [1.165, 1.54) is 14.2 Å². The minimum Gasteiger partial charge on any atom is -0.496 e. The number of para-hydroxylation sites is 2. The van der Waals surface area contributed by atoms with Gasteiger partial charge in [-0.2, -0.15) is 0 Å². The number of nitrogens with zero attached hydrogens (tertiary/aromatic N) is 1. The molecular weight excluding hydrogens is 470 g/mol. The van der Waals surface area contributed by atoms with Crippen LogP contribution < -0.4 is 24.8 Å². The molecule has 0 fully saturated rings. The van der Waals surface area contributed by atoms with Crippen molar-refractivity contribution < 1.29 is 23.8 Å². The van der Waals surface area contributed by atoms with Gasteiger partial charge in [0.15, 0.2) is 0 Å². The molecule has 0 radical (unpaired) electrons. The third-order valence-corrected chi connectivity index (χ3v) is 5.96. The molecule has 0 aliphatic carbocycles. The lowest BCUT2D eigenvalue weighted by molar-refractivity contribution is 0.101. The summed E-state index contributed by atoms with van der Waals surface area (Å²) in [6.45, 7) is 7.64. The first-order valence-electron chi connectivity index (χ1n) is 12.4. The van der Waals surface area contributed by atoms with E-state index in [0.717, 1.165) is 26.1 Å². The normalized spacial score (nSPS) is 10.6. The van der Waals surface area contributed by atoms with Gasteiger partial charge in [0.1, 0.15) is 17.2 Å². The summed E-state index contributed by atoms with van der Waals surface area (Å²) in [6, 6.07) is 19.1. The highest BCUT2D eigenvalue weighted by molar-refractivity contribution is 6.08. The van der Waals surface area contributed by atoms with E-state index < -0.39 is 0 Å². The highest BCUT2D eigenvalue weighted by atomic mass is 16.5. The number of nitrogens with one attached hydrogen (secondary N) is 2. The van der Waals surface area contributed by atoms with Gasteiger partial charge in [0.05, 0.1) is 37.6 Å². The quantitative estimate of drug-likeness (QED) is 0.306. The lowest BCUT2D eigenvalue weighted by Crippen LogP contribution is -2.25. The van der Waals surface area contributed by atoms with Gasteiger partial charge in [-0.25, -0.2) is 0 Å². The van der Waals surface area contributed by atoms with Crippen molar-refractivity contribution in [3.05, 3.63) is 77.9 Å². The first kappa shape index (κ1) is 27.5. The summed E-state index contributed by atoms with van der Waals surface area (Å²) in [6.07, 6.45) is 0.841. The van der Waals surface area contributed by atoms with Gasteiger partial charge in [0.25, 0.3) is 11.8 Å². The molecule has 37 heavy (non-hydrogen) atoms. The molecule has 0 saturated heterocycles. The molecule has 0 spiro atoms. The molecule has 2 N–H and O–H groups in total. The lowest BCUT2D eigenvalue weighted by atomic mass is 10.1. The Kier molecular flexibility index (Phi) is 10.3. The van der Waals surface area contributed by atoms with Gasteiger partial charge in [-0.3, -0.25) is 9.59 Å². The second-order valence-electron chi connectivity index (χ2n) is 8.25. The van der Waals surface area contributed by atoms with Crippen molar-refractivity contribution in [2.24, 2.45) is 0 Å². The smallest absolute Gasteiger partial charge is 0.259 e. The van der Waals surface area contributed by atoms with Crippen molar-refractivity contribution in [2.45, 2.75) is 20.3 Å². The van der Waals surface area contributed by atoms with Crippen molar-refractivity contribution in [1.29, 1.82) is 0 Å². The average molecular weight is 506 g/mol. The second-order valence-corrected chi connectivity index (χ2v) is 8.25. The van der Waals surface area contributed by atoms with Gasteiger partial charge in [0, 0.05) is 12.2 Å². The monoisotopic (exact) mass is 505 g/mol. The fourth-order valence-corrected chi connectivity index (χ4v) is 3.89. The predicted octanol–water partition coefficient (Wildman–Crippen LogP) is 5.32.